The van der Waals surface area contributed by atoms with Crippen LogP contribution in [-0.4, -0.2) is 7.11 Å². The molecule has 0 bridgehead atoms. The molecule has 0 fully saturated rings. The van der Waals surface area contributed by atoms with Crippen molar-refractivity contribution in [2.24, 2.45) is 5.84 Å². The summed E-state index contributed by atoms with van der Waals surface area (Å²) in [6, 6.07) is 13.4. The van der Waals surface area contributed by atoms with Gasteiger partial charge in [-0.25, -0.2) is 5.43 Å². The first-order valence-electron chi connectivity index (χ1n) is 6.03. The molecule has 1 atom stereocenters. The number of hydrogen-bond donors (Lipinski definition) is 2. The van der Waals surface area contributed by atoms with Gasteiger partial charge in [0.05, 0.1) is 13.2 Å². The van der Waals surface area contributed by atoms with Gasteiger partial charge < -0.3 is 4.74 Å². The van der Waals surface area contributed by atoms with E-state index in [0.717, 1.165) is 27.5 Å². The predicted molar refractivity (Wildman–Crippen MR) is 78.3 cm³/mol. The largest absolute Gasteiger partial charge is 0.496 e. The molecular weight excluding hydrogens is 260 g/mol. The van der Waals surface area contributed by atoms with E-state index in [9.17, 15) is 0 Å². The highest BCUT2D eigenvalue weighted by Gasteiger charge is 2.19. The lowest BCUT2D eigenvalue weighted by Crippen LogP contribution is -2.29. The number of benzene rings is 2. The van der Waals surface area contributed by atoms with Crippen molar-refractivity contribution in [1.82, 2.24) is 5.43 Å². The molecule has 2 aromatic carbocycles. The van der Waals surface area contributed by atoms with Crippen LogP contribution < -0.4 is 16.0 Å². The van der Waals surface area contributed by atoms with Gasteiger partial charge in [-0.3, -0.25) is 5.84 Å². The minimum absolute atomic E-state index is 0.158. The fourth-order valence-corrected chi connectivity index (χ4v) is 2.37. The third-order valence-electron chi connectivity index (χ3n) is 3.24. The molecule has 3 nitrogen and oxygen atoms in total. The van der Waals surface area contributed by atoms with Crippen molar-refractivity contribution in [1.29, 1.82) is 0 Å². The summed E-state index contributed by atoms with van der Waals surface area (Å²) in [5, 5.41) is 0.729. The summed E-state index contributed by atoms with van der Waals surface area (Å²) in [5.41, 5.74) is 5.88. The monoisotopic (exact) mass is 276 g/mol. The Labute approximate surface area is 118 Å². The minimum atomic E-state index is -0.158. The Bertz CT molecular complexity index is 572. The van der Waals surface area contributed by atoms with E-state index in [1.54, 1.807) is 7.11 Å². The van der Waals surface area contributed by atoms with Crippen molar-refractivity contribution >= 4 is 11.6 Å². The van der Waals surface area contributed by atoms with Crippen LogP contribution in [0.5, 0.6) is 5.75 Å². The summed E-state index contributed by atoms with van der Waals surface area (Å²) < 4.78 is 5.39. The van der Waals surface area contributed by atoms with Crippen LogP contribution in [0.2, 0.25) is 5.02 Å². The number of halogens is 1. The third-order valence-corrected chi connectivity index (χ3v) is 3.65. The molecular formula is C15H17ClN2O. The Balaban J connectivity index is 2.53. The molecule has 0 aromatic heterocycles. The Hall–Kier alpha value is -1.55. The average Bonchev–Trinajstić information content (AvgIpc) is 2.45. The first kappa shape index (κ1) is 13.9. The molecule has 19 heavy (non-hydrogen) atoms. The molecule has 2 aromatic rings. The summed E-state index contributed by atoms with van der Waals surface area (Å²) >= 11 is 6.18. The average molecular weight is 277 g/mol. The highest BCUT2D eigenvalue weighted by molar-refractivity contribution is 6.31. The Kier molecular flexibility index (Phi) is 4.43. The van der Waals surface area contributed by atoms with Crippen molar-refractivity contribution in [3.8, 4) is 5.75 Å². The fourth-order valence-electron chi connectivity index (χ4n) is 2.19. The zero-order chi connectivity index (χ0) is 13.8. The van der Waals surface area contributed by atoms with E-state index < -0.39 is 0 Å². The number of hydrogen-bond acceptors (Lipinski definition) is 3. The molecule has 0 aliphatic heterocycles. The molecule has 0 heterocycles. The van der Waals surface area contributed by atoms with Gasteiger partial charge in [-0.05, 0) is 30.2 Å². The first-order chi connectivity index (χ1) is 9.19. The SMILES string of the molecule is COc1ccccc1C(NN)c1cccc(Cl)c1C. The Morgan fingerprint density at radius 3 is 2.47 bits per heavy atom. The lowest BCUT2D eigenvalue weighted by molar-refractivity contribution is 0.404. The van der Waals surface area contributed by atoms with Crippen LogP contribution in [0.3, 0.4) is 0 Å². The second-order valence-corrected chi connectivity index (χ2v) is 4.70. The van der Waals surface area contributed by atoms with Crippen molar-refractivity contribution < 1.29 is 4.74 Å². The van der Waals surface area contributed by atoms with Gasteiger partial charge in [-0.15, -0.1) is 0 Å². The quantitative estimate of drug-likeness (QED) is 0.666. The van der Waals surface area contributed by atoms with Crippen molar-refractivity contribution in [3.05, 3.63) is 64.2 Å². The molecule has 4 heteroatoms. The van der Waals surface area contributed by atoms with Crippen LogP contribution in [-0.2, 0) is 0 Å². The molecule has 2 rings (SSSR count). The molecule has 0 aliphatic rings. The number of rotatable bonds is 4. The number of ether oxygens (including phenoxy) is 1. The third kappa shape index (κ3) is 2.73. The molecule has 3 N–H and O–H groups in total. The summed E-state index contributed by atoms with van der Waals surface area (Å²) in [5.74, 6) is 6.53. The summed E-state index contributed by atoms with van der Waals surface area (Å²) in [4.78, 5) is 0. The van der Waals surface area contributed by atoms with Crippen LogP contribution in [0.1, 0.15) is 22.7 Å². The van der Waals surface area contributed by atoms with E-state index >= 15 is 0 Å². The van der Waals surface area contributed by atoms with E-state index in [1.165, 1.54) is 0 Å². The van der Waals surface area contributed by atoms with Gasteiger partial charge in [0.15, 0.2) is 0 Å². The Morgan fingerprint density at radius 2 is 1.79 bits per heavy atom. The second-order valence-electron chi connectivity index (χ2n) is 4.30. The van der Waals surface area contributed by atoms with Crippen molar-refractivity contribution in [2.45, 2.75) is 13.0 Å². The maximum Gasteiger partial charge on any atom is 0.124 e. The summed E-state index contributed by atoms with van der Waals surface area (Å²) in [6.45, 7) is 1.98. The normalized spacial score (nSPS) is 12.2. The van der Waals surface area contributed by atoms with Crippen LogP contribution in [0.25, 0.3) is 0 Å². The van der Waals surface area contributed by atoms with Gasteiger partial charge in [0.1, 0.15) is 5.75 Å². The number of methoxy groups -OCH3 is 1. The molecule has 0 spiro atoms. The number of hydrazine groups is 1. The van der Waals surface area contributed by atoms with Crippen molar-refractivity contribution in [3.63, 3.8) is 0 Å². The highest BCUT2D eigenvalue weighted by atomic mass is 35.5. The first-order valence-corrected chi connectivity index (χ1v) is 6.41. The molecule has 0 saturated heterocycles. The van der Waals surface area contributed by atoms with Gasteiger partial charge in [-0.2, -0.15) is 0 Å². The number of para-hydroxylation sites is 1. The molecule has 0 radical (unpaired) electrons. The van der Waals surface area contributed by atoms with Gasteiger partial charge in [0.25, 0.3) is 0 Å². The standard InChI is InChI=1S/C15H17ClN2O/c1-10-11(7-5-8-13(10)16)15(18-17)12-6-3-4-9-14(12)19-2/h3-9,15,18H,17H2,1-2H3. The summed E-state index contributed by atoms with van der Waals surface area (Å²) in [6.07, 6.45) is 0. The van der Waals surface area contributed by atoms with E-state index in [0.29, 0.717) is 0 Å². The number of nitrogens with one attached hydrogen (secondary N) is 1. The zero-order valence-electron chi connectivity index (χ0n) is 11.0. The van der Waals surface area contributed by atoms with Crippen LogP contribution in [0.4, 0.5) is 0 Å². The maximum absolute atomic E-state index is 6.18. The lowest BCUT2D eigenvalue weighted by atomic mass is 9.95. The van der Waals surface area contributed by atoms with E-state index in [-0.39, 0.29) is 6.04 Å². The van der Waals surface area contributed by atoms with E-state index in [4.69, 9.17) is 22.2 Å². The van der Waals surface area contributed by atoms with Gasteiger partial charge in [0.2, 0.25) is 0 Å². The van der Waals surface area contributed by atoms with Gasteiger partial charge in [-0.1, -0.05) is 41.9 Å². The second kappa shape index (κ2) is 6.06. The van der Waals surface area contributed by atoms with Crippen LogP contribution in [0, 0.1) is 6.92 Å². The van der Waals surface area contributed by atoms with Gasteiger partial charge >= 0.3 is 0 Å². The van der Waals surface area contributed by atoms with Gasteiger partial charge in [0, 0.05) is 10.6 Å². The van der Waals surface area contributed by atoms with Crippen LogP contribution >= 0.6 is 11.6 Å². The molecule has 0 amide bonds. The number of nitrogens with two attached hydrogens (primary N) is 1. The molecule has 100 valence electrons. The van der Waals surface area contributed by atoms with Crippen LogP contribution in [0.15, 0.2) is 42.5 Å². The minimum Gasteiger partial charge on any atom is -0.496 e. The summed E-state index contributed by atoms with van der Waals surface area (Å²) in [7, 11) is 1.65. The smallest absolute Gasteiger partial charge is 0.124 e. The highest BCUT2D eigenvalue weighted by Crippen LogP contribution is 2.32. The van der Waals surface area contributed by atoms with Crippen molar-refractivity contribution in [2.75, 3.05) is 7.11 Å². The zero-order valence-corrected chi connectivity index (χ0v) is 11.7. The lowest BCUT2D eigenvalue weighted by Gasteiger charge is -2.21. The molecule has 0 saturated carbocycles. The molecule has 0 aliphatic carbocycles. The Morgan fingerprint density at radius 1 is 1.11 bits per heavy atom. The fraction of sp³-hybridized carbons (Fsp3) is 0.200. The van der Waals surface area contributed by atoms with E-state index in [1.807, 2.05) is 49.4 Å². The predicted octanol–water partition coefficient (Wildman–Crippen LogP) is 3.21. The molecule has 1 unspecified atom stereocenters. The maximum atomic E-state index is 6.18. The topological polar surface area (TPSA) is 47.3 Å². The van der Waals surface area contributed by atoms with E-state index in [2.05, 4.69) is 5.43 Å².